The monoisotopic (exact) mass is 437 g/mol. The fourth-order valence-corrected chi connectivity index (χ4v) is 4.74. The van der Waals surface area contributed by atoms with Crippen molar-refractivity contribution in [1.29, 1.82) is 0 Å². The van der Waals surface area contributed by atoms with E-state index in [1.807, 2.05) is 29.6 Å². The van der Waals surface area contributed by atoms with Gasteiger partial charge in [0.25, 0.3) is 0 Å². The number of pyridine rings is 1. The first-order valence-electron chi connectivity index (χ1n) is 8.27. The average molecular weight is 438 g/mol. The van der Waals surface area contributed by atoms with Gasteiger partial charge in [-0.1, -0.05) is 41.0 Å². The fourth-order valence-electron chi connectivity index (χ4n) is 2.34. The van der Waals surface area contributed by atoms with Crippen molar-refractivity contribution >= 4 is 52.2 Å². The Morgan fingerprint density at radius 2 is 2.00 bits per heavy atom. The number of halogens is 2. The average Bonchev–Trinajstić information content (AvgIpc) is 3.09. The third-order valence-electron chi connectivity index (χ3n) is 3.72. The molecule has 0 spiro atoms. The molecule has 2 heterocycles. The Morgan fingerprint density at radius 1 is 1.19 bits per heavy atom. The molecule has 8 heteroatoms. The minimum atomic E-state index is -0.0216. The summed E-state index contributed by atoms with van der Waals surface area (Å²) < 4.78 is 0.917. The van der Waals surface area contributed by atoms with E-state index < -0.39 is 0 Å². The Bertz CT molecular complexity index is 903. The molecule has 27 heavy (non-hydrogen) atoms. The minimum absolute atomic E-state index is 0.0216. The van der Waals surface area contributed by atoms with Gasteiger partial charge in [-0.3, -0.25) is 9.78 Å². The van der Waals surface area contributed by atoms with Crippen LogP contribution in [0.3, 0.4) is 0 Å². The van der Waals surface area contributed by atoms with E-state index in [1.54, 1.807) is 30.2 Å². The van der Waals surface area contributed by atoms with Gasteiger partial charge in [0.1, 0.15) is 4.34 Å². The summed E-state index contributed by atoms with van der Waals surface area (Å²) in [6.07, 6.45) is 4.58. The molecule has 1 amide bonds. The molecular weight excluding hydrogens is 421 g/mol. The summed E-state index contributed by atoms with van der Waals surface area (Å²) in [7, 11) is 0. The number of hydrogen-bond acceptors (Lipinski definition) is 5. The van der Waals surface area contributed by atoms with Crippen LogP contribution in [0.1, 0.15) is 16.8 Å². The molecule has 3 aromatic rings. The second-order valence-electron chi connectivity index (χ2n) is 5.76. The molecule has 0 radical (unpaired) electrons. The molecule has 0 atom stereocenters. The van der Waals surface area contributed by atoms with Gasteiger partial charge >= 0.3 is 0 Å². The van der Waals surface area contributed by atoms with Gasteiger partial charge in [0, 0.05) is 40.1 Å². The van der Waals surface area contributed by atoms with Gasteiger partial charge in [0.2, 0.25) is 5.91 Å². The zero-order valence-corrected chi connectivity index (χ0v) is 17.5. The molecule has 4 nitrogen and oxygen atoms in total. The number of amides is 1. The van der Waals surface area contributed by atoms with E-state index in [1.165, 1.54) is 11.3 Å². The third-order valence-corrected chi connectivity index (χ3v) is 6.43. The number of carbonyl (C=O) groups excluding carboxylic acids is 1. The van der Waals surface area contributed by atoms with Crippen molar-refractivity contribution in [2.45, 2.75) is 22.9 Å². The second-order valence-corrected chi connectivity index (χ2v) is 8.69. The lowest BCUT2D eigenvalue weighted by molar-refractivity contribution is -0.120. The SMILES string of the molecule is O=C(Cc1csc(SCc2ccc(Cl)cc2Cl)n1)NCCc1ccncc1. The molecule has 1 aromatic carbocycles. The van der Waals surface area contributed by atoms with Crippen LogP contribution in [0.4, 0.5) is 0 Å². The maximum atomic E-state index is 12.1. The summed E-state index contributed by atoms with van der Waals surface area (Å²) in [6, 6.07) is 9.38. The number of hydrogen-bond donors (Lipinski definition) is 1. The molecule has 1 N–H and O–H groups in total. The van der Waals surface area contributed by atoms with E-state index in [-0.39, 0.29) is 12.3 Å². The highest BCUT2D eigenvalue weighted by atomic mass is 35.5. The van der Waals surface area contributed by atoms with Crippen molar-refractivity contribution in [3.8, 4) is 0 Å². The smallest absolute Gasteiger partial charge is 0.226 e. The topological polar surface area (TPSA) is 54.9 Å². The van der Waals surface area contributed by atoms with Crippen LogP contribution >= 0.6 is 46.3 Å². The van der Waals surface area contributed by atoms with Crippen LogP contribution in [0, 0.1) is 0 Å². The summed E-state index contributed by atoms with van der Waals surface area (Å²) in [6.45, 7) is 0.601. The highest BCUT2D eigenvalue weighted by Crippen LogP contribution is 2.30. The first kappa shape index (κ1) is 20.1. The van der Waals surface area contributed by atoms with Crippen molar-refractivity contribution in [2.24, 2.45) is 0 Å². The Hall–Kier alpha value is -1.60. The number of carbonyl (C=O) groups is 1. The molecule has 0 saturated carbocycles. The lowest BCUT2D eigenvalue weighted by Gasteiger charge is -2.04. The Labute approximate surface area is 176 Å². The second kappa shape index (κ2) is 10.1. The Balaban J connectivity index is 1.43. The fraction of sp³-hybridized carbons (Fsp3) is 0.211. The standard InChI is InChI=1S/C19H17Cl2N3OS2/c20-15-2-1-14(17(21)9-15)11-26-19-24-16(12-27-19)10-18(25)23-8-5-13-3-6-22-7-4-13/h1-4,6-7,9,12H,5,8,10-11H2,(H,23,25). The Morgan fingerprint density at radius 3 is 2.78 bits per heavy atom. The van der Waals surface area contributed by atoms with Crippen LogP contribution in [-0.4, -0.2) is 22.4 Å². The van der Waals surface area contributed by atoms with Crippen molar-refractivity contribution in [3.63, 3.8) is 0 Å². The molecule has 0 aliphatic carbocycles. The van der Waals surface area contributed by atoms with E-state index in [4.69, 9.17) is 23.2 Å². The van der Waals surface area contributed by atoms with E-state index in [0.717, 1.165) is 27.6 Å². The number of thiazole rings is 1. The number of nitrogens with one attached hydrogen (secondary N) is 1. The lowest BCUT2D eigenvalue weighted by atomic mass is 10.2. The van der Waals surface area contributed by atoms with E-state index in [9.17, 15) is 4.79 Å². The zero-order valence-electron chi connectivity index (χ0n) is 14.3. The molecule has 0 aliphatic heterocycles. The maximum absolute atomic E-state index is 12.1. The summed E-state index contributed by atoms with van der Waals surface area (Å²) in [5, 5.41) is 6.13. The first-order valence-corrected chi connectivity index (χ1v) is 10.9. The molecule has 0 unspecified atom stereocenters. The molecule has 0 bridgehead atoms. The summed E-state index contributed by atoms with van der Waals surface area (Å²) in [4.78, 5) is 20.6. The largest absolute Gasteiger partial charge is 0.355 e. The predicted octanol–water partition coefficient (Wildman–Crippen LogP) is 5.04. The lowest BCUT2D eigenvalue weighted by Crippen LogP contribution is -2.27. The van der Waals surface area contributed by atoms with Gasteiger partial charge in [-0.05, 0) is 41.8 Å². The third kappa shape index (κ3) is 6.50. The summed E-state index contributed by atoms with van der Waals surface area (Å²) in [5.41, 5.74) is 2.95. The van der Waals surface area contributed by atoms with Crippen LogP contribution < -0.4 is 5.32 Å². The van der Waals surface area contributed by atoms with Crippen molar-refractivity contribution in [3.05, 3.63) is 75.0 Å². The van der Waals surface area contributed by atoms with E-state index in [0.29, 0.717) is 22.3 Å². The number of thioether (sulfide) groups is 1. The zero-order chi connectivity index (χ0) is 19.1. The van der Waals surface area contributed by atoms with E-state index >= 15 is 0 Å². The van der Waals surface area contributed by atoms with Gasteiger partial charge in [0.15, 0.2) is 0 Å². The molecule has 0 fully saturated rings. The number of benzene rings is 1. The maximum Gasteiger partial charge on any atom is 0.226 e. The van der Waals surface area contributed by atoms with Crippen LogP contribution in [0.2, 0.25) is 10.0 Å². The Kier molecular flexibility index (Phi) is 7.52. The van der Waals surface area contributed by atoms with Gasteiger partial charge < -0.3 is 5.32 Å². The predicted molar refractivity (Wildman–Crippen MR) is 113 cm³/mol. The van der Waals surface area contributed by atoms with Gasteiger partial charge in [-0.2, -0.15) is 0 Å². The van der Waals surface area contributed by atoms with Crippen molar-refractivity contribution < 1.29 is 4.79 Å². The molecule has 3 rings (SSSR count). The number of nitrogens with zero attached hydrogens (tertiary/aromatic N) is 2. The molecule has 0 aliphatic rings. The van der Waals surface area contributed by atoms with Gasteiger partial charge in [0.05, 0.1) is 12.1 Å². The summed E-state index contributed by atoms with van der Waals surface area (Å²) in [5.74, 6) is 0.688. The molecule has 140 valence electrons. The van der Waals surface area contributed by atoms with Crippen LogP contribution in [0.15, 0.2) is 52.4 Å². The van der Waals surface area contributed by atoms with Crippen molar-refractivity contribution in [2.75, 3.05) is 6.54 Å². The summed E-state index contributed by atoms with van der Waals surface area (Å²) >= 11 is 15.2. The first-order chi connectivity index (χ1) is 13.1. The van der Waals surface area contributed by atoms with Crippen LogP contribution in [-0.2, 0) is 23.4 Å². The molecular formula is C19H17Cl2N3OS2. The van der Waals surface area contributed by atoms with Gasteiger partial charge in [-0.15, -0.1) is 11.3 Å². The number of rotatable bonds is 8. The molecule has 2 aromatic heterocycles. The van der Waals surface area contributed by atoms with Gasteiger partial charge in [-0.25, -0.2) is 4.98 Å². The highest BCUT2D eigenvalue weighted by molar-refractivity contribution is 8.00. The quantitative estimate of drug-likeness (QED) is 0.501. The van der Waals surface area contributed by atoms with E-state index in [2.05, 4.69) is 15.3 Å². The minimum Gasteiger partial charge on any atom is -0.355 e. The van der Waals surface area contributed by atoms with Crippen LogP contribution in [0.5, 0.6) is 0 Å². The highest BCUT2D eigenvalue weighted by Gasteiger charge is 2.09. The van der Waals surface area contributed by atoms with Crippen molar-refractivity contribution in [1.82, 2.24) is 15.3 Å². The molecule has 0 saturated heterocycles. The number of aromatic nitrogens is 2. The normalized spacial score (nSPS) is 10.7. The van der Waals surface area contributed by atoms with Crippen LogP contribution in [0.25, 0.3) is 0 Å².